The number of fused-ring (bicyclic) bond motifs is 1. The Morgan fingerprint density at radius 3 is 2.96 bits per heavy atom. The van der Waals surface area contributed by atoms with Gasteiger partial charge in [0.15, 0.2) is 0 Å². The number of alkyl halides is 2. The van der Waals surface area contributed by atoms with E-state index >= 15 is 0 Å². The van der Waals surface area contributed by atoms with Crippen molar-refractivity contribution in [3.05, 3.63) is 35.9 Å². The topological polar surface area (TPSA) is 55.2 Å². The number of nitrogens with zero attached hydrogens (tertiary/aromatic N) is 4. The maximum atomic E-state index is 14.3. The molecular formula is C19H24F3N5O. The Morgan fingerprint density at radius 2 is 2.21 bits per heavy atom. The Hall–Kier alpha value is -2.29. The fourth-order valence-corrected chi connectivity index (χ4v) is 4.29. The van der Waals surface area contributed by atoms with Crippen molar-refractivity contribution >= 4 is 5.95 Å². The average Bonchev–Trinajstić information content (AvgIpc) is 3.17. The summed E-state index contributed by atoms with van der Waals surface area (Å²) in [5, 5.41) is 7.22. The third-order valence-corrected chi connectivity index (χ3v) is 5.75. The van der Waals surface area contributed by atoms with Gasteiger partial charge in [-0.05, 0) is 37.8 Å². The minimum Gasteiger partial charge on any atom is -0.497 e. The SMILES string of the molecule is COc1ccc(CN2CCC[C@@H]([C@@H]3C[C@H](C(F)F)n4ncnc4N3)C2)c(F)c1. The van der Waals surface area contributed by atoms with Crippen LogP contribution in [0.4, 0.5) is 19.1 Å². The lowest BCUT2D eigenvalue weighted by atomic mass is 9.86. The predicted octanol–water partition coefficient (Wildman–Crippen LogP) is 3.33. The Labute approximate surface area is 161 Å². The molecule has 1 saturated heterocycles. The molecule has 2 aliphatic heterocycles. The van der Waals surface area contributed by atoms with Crippen LogP contribution < -0.4 is 10.1 Å². The quantitative estimate of drug-likeness (QED) is 0.842. The van der Waals surface area contributed by atoms with Gasteiger partial charge in [-0.15, -0.1) is 0 Å². The number of aromatic nitrogens is 3. The van der Waals surface area contributed by atoms with E-state index in [0.29, 0.717) is 30.2 Å². The van der Waals surface area contributed by atoms with Crippen LogP contribution in [0.15, 0.2) is 24.5 Å². The smallest absolute Gasteiger partial charge is 0.260 e. The highest BCUT2D eigenvalue weighted by molar-refractivity contribution is 5.30. The summed E-state index contributed by atoms with van der Waals surface area (Å²) in [6.07, 6.45) is 1.03. The van der Waals surface area contributed by atoms with Crippen molar-refractivity contribution < 1.29 is 17.9 Å². The lowest BCUT2D eigenvalue weighted by Crippen LogP contribution is -2.46. The highest BCUT2D eigenvalue weighted by Crippen LogP contribution is 2.35. The van der Waals surface area contributed by atoms with E-state index < -0.39 is 12.5 Å². The van der Waals surface area contributed by atoms with Gasteiger partial charge in [0, 0.05) is 30.8 Å². The first-order valence-corrected chi connectivity index (χ1v) is 9.54. The predicted molar refractivity (Wildman–Crippen MR) is 98.0 cm³/mol. The van der Waals surface area contributed by atoms with Crippen molar-refractivity contribution in [2.45, 2.75) is 44.3 Å². The van der Waals surface area contributed by atoms with E-state index in [4.69, 9.17) is 4.74 Å². The second-order valence-corrected chi connectivity index (χ2v) is 7.51. The largest absolute Gasteiger partial charge is 0.497 e. The molecule has 152 valence electrons. The van der Waals surface area contributed by atoms with Gasteiger partial charge in [-0.3, -0.25) is 4.90 Å². The Morgan fingerprint density at radius 1 is 1.36 bits per heavy atom. The molecule has 1 N–H and O–H groups in total. The van der Waals surface area contributed by atoms with Crippen LogP contribution in [0.25, 0.3) is 0 Å². The van der Waals surface area contributed by atoms with E-state index in [1.807, 2.05) is 0 Å². The molecule has 2 aliphatic rings. The molecule has 0 saturated carbocycles. The van der Waals surface area contributed by atoms with Gasteiger partial charge in [0.25, 0.3) is 6.43 Å². The summed E-state index contributed by atoms with van der Waals surface area (Å²) >= 11 is 0. The highest BCUT2D eigenvalue weighted by atomic mass is 19.3. The normalized spacial score (nSPS) is 25.4. The first kappa shape index (κ1) is 19.0. The highest BCUT2D eigenvalue weighted by Gasteiger charge is 2.38. The molecule has 2 aromatic rings. The summed E-state index contributed by atoms with van der Waals surface area (Å²) in [6, 6.07) is 3.82. The fraction of sp³-hybridized carbons (Fsp3) is 0.579. The monoisotopic (exact) mass is 395 g/mol. The number of nitrogens with one attached hydrogen (secondary N) is 1. The molecule has 1 aromatic carbocycles. The van der Waals surface area contributed by atoms with Crippen LogP contribution in [0.1, 0.15) is 30.9 Å². The molecule has 3 heterocycles. The third-order valence-electron chi connectivity index (χ3n) is 5.75. The number of ether oxygens (including phenoxy) is 1. The van der Waals surface area contributed by atoms with Crippen LogP contribution in [-0.2, 0) is 6.54 Å². The second-order valence-electron chi connectivity index (χ2n) is 7.51. The van der Waals surface area contributed by atoms with Crippen LogP contribution in [0.5, 0.6) is 5.75 Å². The molecule has 0 amide bonds. The van der Waals surface area contributed by atoms with Gasteiger partial charge < -0.3 is 10.1 Å². The molecule has 1 aromatic heterocycles. The number of halogens is 3. The number of rotatable bonds is 5. The molecule has 0 radical (unpaired) electrons. The molecule has 28 heavy (non-hydrogen) atoms. The lowest BCUT2D eigenvalue weighted by Gasteiger charge is -2.40. The van der Waals surface area contributed by atoms with Crippen molar-refractivity contribution in [1.82, 2.24) is 19.7 Å². The minimum absolute atomic E-state index is 0.0979. The van der Waals surface area contributed by atoms with Crippen LogP contribution in [0, 0.1) is 11.7 Å². The molecule has 0 bridgehead atoms. The molecule has 1 fully saturated rings. The molecule has 6 nitrogen and oxygen atoms in total. The number of anilines is 1. The molecule has 3 atom stereocenters. The summed E-state index contributed by atoms with van der Waals surface area (Å²) in [4.78, 5) is 6.27. The van der Waals surface area contributed by atoms with Crippen molar-refractivity contribution in [1.29, 1.82) is 0 Å². The first-order valence-electron chi connectivity index (χ1n) is 9.54. The van der Waals surface area contributed by atoms with Crippen LogP contribution in [-0.4, -0.2) is 52.3 Å². The van der Waals surface area contributed by atoms with E-state index in [1.54, 1.807) is 12.1 Å². The molecular weight excluding hydrogens is 371 g/mol. The average molecular weight is 395 g/mol. The minimum atomic E-state index is -2.49. The zero-order valence-electron chi connectivity index (χ0n) is 15.7. The maximum absolute atomic E-state index is 14.3. The summed E-state index contributed by atoms with van der Waals surface area (Å²) in [6.45, 7) is 2.09. The lowest BCUT2D eigenvalue weighted by molar-refractivity contribution is 0.0550. The fourth-order valence-electron chi connectivity index (χ4n) is 4.29. The van der Waals surface area contributed by atoms with E-state index in [2.05, 4.69) is 20.3 Å². The van der Waals surface area contributed by atoms with Crippen LogP contribution >= 0.6 is 0 Å². The standard InChI is InChI=1S/C19H24F3N5O/c1-28-14-5-4-12(15(20)7-14)9-26-6-2-3-13(10-26)16-8-17(18(21)22)27-19(25-16)23-11-24-27/h4-5,7,11,13,16-18H,2-3,6,8-10H2,1H3,(H,23,24,25)/t13-,16+,17-/m1/s1. The van der Waals surface area contributed by atoms with Crippen LogP contribution in [0.2, 0.25) is 0 Å². The number of likely N-dealkylation sites (tertiary alicyclic amines) is 1. The maximum Gasteiger partial charge on any atom is 0.260 e. The van der Waals surface area contributed by atoms with Gasteiger partial charge in [0.1, 0.15) is 23.9 Å². The number of piperidine rings is 1. The van der Waals surface area contributed by atoms with Gasteiger partial charge in [0.05, 0.1) is 7.11 Å². The molecule has 4 rings (SSSR count). The Bertz CT molecular complexity index is 815. The number of hydrogen-bond donors (Lipinski definition) is 1. The first-order chi connectivity index (χ1) is 13.5. The van der Waals surface area contributed by atoms with Crippen molar-refractivity contribution in [2.75, 3.05) is 25.5 Å². The number of benzene rings is 1. The third kappa shape index (κ3) is 3.80. The summed E-state index contributed by atoms with van der Waals surface area (Å²) < 4.78 is 47.6. The molecule has 0 unspecified atom stereocenters. The molecule has 9 heteroatoms. The Kier molecular flexibility index (Phi) is 5.43. The van der Waals surface area contributed by atoms with Gasteiger partial charge >= 0.3 is 0 Å². The number of methoxy groups -OCH3 is 1. The van der Waals surface area contributed by atoms with Crippen molar-refractivity contribution in [2.24, 2.45) is 5.92 Å². The van der Waals surface area contributed by atoms with Gasteiger partial charge in [-0.25, -0.2) is 17.9 Å². The zero-order valence-corrected chi connectivity index (χ0v) is 15.7. The van der Waals surface area contributed by atoms with E-state index in [1.165, 1.54) is 24.2 Å². The van der Waals surface area contributed by atoms with Gasteiger partial charge in [0.2, 0.25) is 5.95 Å². The Balaban J connectivity index is 1.44. The molecule has 0 spiro atoms. The van der Waals surface area contributed by atoms with Crippen LogP contribution in [0.3, 0.4) is 0 Å². The van der Waals surface area contributed by atoms with Gasteiger partial charge in [-0.1, -0.05) is 6.07 Å². The van der Waals surface area contributed by atoms with Crippen molar-refractivity contribution in [3.63, 3.8) is 0 Å². The van der Waals surface area contributed by atoms with E-state index in [9.17, 15) is 13.2 Å². The van der Waals surface area contributed by atoms with Crippen molar-refractivity contribution in [3.8, 4) is 5.75 Å². The summed E-state index contributed by atoms with van der Waals surface area (Å²) in [7, 11) is 1.51. The summed E-state index contributed by atoms with van der Waals surface area (Å²) in [5.41, 5.74) is 0.614. The van der Waals surface area contributed by atoms with E-state index in [-0.39, 0.29) is 17.8 Å². The summed E-state index contributed by atoms with van der Waals surface area (Å²) in [5.74, 6) is 0.802. The van der Waals surface area contributed by atoms with E-state index in [0.717, 1.165) is 25.9 Å². The molecule has 0 aliphatic carbocycles. The second kappa shape index (κ2) is 7.98. The van der Waals surface area contributed by atoms with Gasteiger partial charge in [-0.2, -0.15) is 10.1 Å². The zero-order chi connectivity index (χ0) is 19.7. The number of hydrogen-bond acceptors (Lipinski definition) is 5.